The van der Waals surface area contributed by atoms with Crippen molar-refractivity contribution in [3.8, 4) is 0 Å². The Balaban J connectivity index is 1.20. The van der Waals surface area contributed by atoms with Gasteiger partial charge in [0.15, 0.2) is 5.58 Å². The summed E-state index contributed by atoms with van der Waals surface area (Å²) in [5.41, 5.74) is 4.34. The van der Waals surface area contributed by atoms with Crippen molar-refractivity contribution in [2.75, 3.05) is 26.2 Å². The Hall–Kier alpha value is -2.45. The zero-order valence-corrected chi connectivity index (χ0v) is 19.1. The van der Waals surface area contributed by atoms with E-state index in [1.54, 1.807) is 6.07 Å². The van der Waals surface area contributed by atoms with E-state index in [1.807, 2.05) is 11.3 Å². The molecule has 8 heteroatoms. The smallest absolute Gasteiger partial charge is 0.407 e. The van der Waals surface area contributed by atoms with E-state index in [0.29, 0.717) is 24.6 Å². The van der Waals surface area contributed by atoms with Gasteiger partial charge in [-0.25, -0.2) is 9.18 Å². The summed E-state index contributed by atoms with van der Waals surface area (Å²) in [7, 11) is 0. The molecule has 4 heterocycles. The lowest BCUT2D eigenvalue weighted by molar-refractivity contribution is 0.140. The molecule has 6 nitrogen and oxygen atoms in total. The van der Waals surface area contributed by atoms with Gasteiger partial charge in [-0.2, -0.15) is 0 Å². The molecule has 0 unspecified atom stereocenters. The van der Waals surface area contributed by atoms with Gasteiger partial charge in [0.1, 0.15) is 5.82 Å². The van der Waals surface area contributed by atoms with Crippen LogP contribution in [0.4, 0.5) is 9.18 Å². The summed E-state index contributed by atoms with van der Waals surface area (Å²) in [6.45, 7) is 6.38. The standard InChI is InChI=1S/C24H28FN3O3S/c1-2-17-18-7-12-28(24(29)30)14-22(18)32-21(17)8-11-27-9-5-15(6-10-27)23-19-4-3-16(25)13-20(19)31-26-23/h3-4,13,15H,2,5-12,14H2,1H3,(H,29,30). The highest BCUT2D eigenvalue weighted by Crippen LogP contribution is 2.35. The summed E-state index contributed by atoms with van der Waals surface area (Å²) in [5, 5.41) is 14.5. The molecule has 0 aliphatic carbocycles. The highest BCUT2D eigenvalue weighted by Gasteiger charge is 2.27. The fourth-order valence-corrected chi connectivity index (χ4v) is 6.67. The third-order valence-corrected chi connectivity index (χ3v) is 8.28. The molecule has 0 atom stereocenters. The number of hydrogen-bond donors (Lipinski definition) is 1. The van der Waals surface area contributed by atoms with Gasteiger partial charge in [0.25, 0.3) is 0 Å². The van der Waals surface area contributed by atoms with E-state index >= 15 is 0 Å². The first kappa shape index (κ1) is 21.4. The predicted molar refractivity (Wildman–Crippen MR) is 122 cm³/mol. The van der Waals surface area contributed by atoms with E-state index < -0.39 is 6.09 Å². The van der Waals surface area contributed by atoms with Crippen molar-refractivity contribution in [3.05, 3.63) is 50.6 Å². The summed E-state index contributed by atoms with van der Waals surface area (Å²) in [6.07, 6.45) is 4.09. The molecule has 2 aliphatic heterocycles. The fraction of sp³-hybridized carbons (Fsp3) is 0.500. The molecular formula is C24H28FN3O3S. The maximum absolute atomic E-state index is 13.4. The molecule has 0 radical (unpaired) electrons. The molecule has 32 heavy (non-hydrogen) atoms. The second kappa shape index (κ2) is 8.83. The number of benzene rings is 1. The number of rotatable bonds is 5. The molecule has 5 rings (SSSR count). The first-order chi connectivity index (χ1) is 15.5. The van der Waals surface area contributed by atoms with E-state index in [9.17, 15) is 14.3 Å². The molecule has 2 aliphatic rings. The van der Waals surface area contributed by atoms with Gasteiger partial charge < -0.3 is 19.4 Å². The van der Waals surface area contributed by atoms with Crippen LogP contribution in [0, 0.1) is 5.82 Å². The van der Waals surface area contributed by atoms with Gasteiger partial charge in [-0.15, -0.1) is 11.3 Å². The molecule has 1 saturated heterocycles. The summed E-state index contributed by atoms with van der Waals surface area (Å²) in [4.78, 5) is 18.1. The Kier molecular flexibility index (Phi) is 5.90. The van der Waals surface area contributed by atoms with Gasteiger partial charge in [-0.1, -0.05) is 12.1 Å². The number of aromatic nitrogens is 1. The highest BCUT2D eigenvalue weighted by atomic mass is 32.1. The van der Waals surface area contributed by atoms with Crippen LogP contribution in [-0.4, -0.2) is 52.3 Å². The number of amides is 1. The summed E-state index contributed by atoms with van der Waals surface area (Å²) in [6, 6.07) is 4.65. The van der Waals surface area contributed by atoms with Gasteiger partial charge in [0.05, 0.1) is 12.2 Å². The molecule has 0 bridgehead atoms. The minimum atomic E-state index is -0.823. The predicted octanol–water partition coefficient (Wildman–Crippen LogP) is 5.05. The fourth-order valence-electron chi connectivity index (χ4n) is 5.22. The van der Waals surface area contributed by atoms with Crippen molar-refractivity contribution < 1.29 is 18.8 Å². The van der Waals surface area contributed by atoms with Gasteiger partial charge in [-0.3, -0.25) is 0 Å². The molecule has 1 fully saturated rings. The largest absolute Gasteiger partial charge is 0.465 e. The lowest BCUT2D eigenvalue weighted by Crippen LogP contribution is -2.34. The molecule has 1 amide bonds. The van der Waals surface area contributed by atoms with Gasteiger partial charge in [0.2, 0.25) is 0 Å². The molecule has 1 N–H and O–H groups in total. The zero-order valence-electron chi connectivity index (χ0n) is 18.3. The lowest BCUT2D eigenvalue weighted by atomic mass is 9.91. The van der Waals surface area contributed by atoms with Crippen LogP contribution in [0.2, 0.25) is 0 Å². The number of carboxylic acid groups (broad SMARTS) is 1. The number of hydrogen-bond acceptors (Lipinski definition) is 5. The van der Waals surface area contributed by atoms with Crippen molar-refractivity contribution in [2.45, 2.75) is 51.5 Å². The van der Waals surface area contributed by atoms with Crippen LogP contribution in [0.1, 0.15) is 52.3 Å². The minimum absolute atomic E-state index is 0.299. The average Bonchev–Trinajstić information content (AvgIpc) is 3.37. The minimum Gasteiger partial charge on any atom is -0.465 e. The normalized spacial score (nSPS) is 17.8. The van der Waals surface area contributed by atoms with Gasteiger partial charge in [0, 0.05) is 40.2 Å². The van der Waals surface area contributed by atoms with Crippen LogP contribution in [0.25, 0.3) is 11.0 Å². The van der Waals surface area contributed by atoms with Crippen LogP contribution in [0.3, 0.4) is 0 Å². The second-order valence-corrected chi connectivity index (χ2v) is 9.98. The van der Waals surface area contributed by atoms with Crippen molar-refractivity contribution in [1.82, 2.24) is 15.0 Å². The molecule has 2 aromatic heterocycles. The van der Waals surface area contributed by atoms with Crippen molar-refractivity contribution in [1.29, 1.82) is 0 Å². The number of nitrogens with zero attached hydrogens (tertiary/aromatic N) is 3. The quantitative estimate of drug-likeness (QED) is 0.581. The molecule has 0 spiro atoms. The monoisotopic (exact) mass is 457 g/mol. The zero-order chi connectivity index (χ0) is 22.2. The first-order valence-corrected chi connectivity index (χ1v) is 12.2. The molecule has 3 aromatic rings. The average molecular weight is 458 g/mol. The third kappa shape index (κ3) is 4.01. The third-order valence-electron chi connectivity index (χ3n) is 6.97. The summed E-state index contributed by atoms with van der Waals surface area (Å²) in [5.74, 6) is 0.0487. The number of thiophene rings is 1. The van der Waals surface area contributed by atoms with E-state index in [1.165, 1.54) is 37.9 Å². The van der Waals surface area contributed by atoms with Crippen LogP contribution in [-0.2, 0) is 25.8 Å². The summed E-state index contributed by atoms with van der Waals surface area (Å²) >= 11 is 1.81. The lowest BCUT2D eigenvalue weighted by Gasteiger charge is -2.31. The Morgan fingerprint density at radius 3 is 2.88 bits per heavy atom. The molecule has 170 valence electrons. The molecular weight excluding hydrogens is 429 g/mol. The number of piperidine rings is 1. The number of carbonyl (C=O) groups is 1. The maximum Gasteiger partial charge on any atom is 0.407 e. The van der Waals surface area contributed by atoms with E-state index in [-0.39, 0.29) is 5.82 Å². The highest BCUT2D eigenvalue weighted by molar-refractivity contribution is 7.12. The molecule has 0 saturated carbocycles. The van der Waals surface area contributed by atoms with E-state index in [2.05, 4.69) is 17.0 Å². The Morgan fingerprint density at radius 2 is 2.12 bits per heavy atom. The van der Waals surface area contributed by atoms with Crippen molar-refractivity contribution in [2.24, 2.45) is 0 Å². The second-order valence-electron chi connectivity index (χ2n) is 8.79. The topological polar surface area (TPSA) is 69.8 Å². The van der Waals surface area contributed by atoms with Gasteiger partial charge in [-0.05, 0) is 68.5 Å². The molecule has 1 aromatic carbocycles. The van der Waals surface area contributed by atoms with Crippen LogP contribution in [0.15, 0.2) is 22.7 Å². The number of halogens is 1. The van der Waals surface area contributed by atoms with Crippen molar-refractivity contribution >= 4 is 28.4 Å². The van der Waals surface area contributed by atoms with Crippen LogP contribution < -0.4 is 0 Å². The van der Waals surface area contributed by atoms with Crippen LogP contribution in [0.5, 0.6) is 0 Å². The first-order valence-electron chi connectivity index (χ1n) is 11.4. The number of fused-ring (bicyclic) bond motifs is 2. The van der Waals surface area contributed by atoms with Crippen LogP contribution >= 0.6 is 11.3 Å². The Morgan fingerprint density at radius 1 is 1.31 bits per heavy atom. The van der Waals surface area contributed by atoms with Crippen molar-refractivity contribution in [3.63, 3.8) is 0 Å². The maximum atomic E-state index is 13.4. The SMILES string of the molecule is CCc1c(CCN2CCC(c3noc4cc(F)ccc34)CC2)sc2c1CCN(C(=O)O)C2. The Labute approximate surface area is 190 Å². The van der Waals surface area contributed by atoms with E-state index in [0.717, 1.165) is 62.8 Å². The summed E-state index contributed by atoms with van der Waals surface area (Å²) < 4.78 is 18.8. The van der Waals surface area contributed by atoms with E-state index in [4.69, 9.17) is 4.52 Å². The van der Waals surface area contributed by atoms with Gasteiger partial charge >= 0.3 is 6.09 Å². The number of likely N-dealkylation sites (tertiary alicyclic amines) is 1. The Bertz CT molecular complexity index is 1130.